The molecule has 7 nitrogen and oxygen atoms in total. The van der Waals surface area contributed by atoms with Gasteiger partial charge in [0, 0.05) is 45.8 Å². The Balaban J connectivity index is 1.56. The average molecular weight is 359 g/mol. The SMILES string of the molecule is CCS(=O)(=O)N1CCN(C[C@@]2(O)CCCN(CC3CC3)C2=O)CC1. The second-order valence-corrected chi connectivity index (χ2v) is 9.66. The summed E-state index contributed by atoms with van der Waals surface area (Å²) in [4.78, 5) is 16.6. The van der Waals surface area contributed by atoms with Crippen molar-refractivity contribution in [1.29, 1.82) is 0 Å². The topological polar surface area (TPSA) is 81.2 Å². The number of nitrogens with zero attached hydrogens (tertiary/aromatic N) is 3. The van der Waals surface area contributed by atoms with Gasteiger partial charge in [0.05, 0.1) is 5.75 Å². The number of carbonyl (C=O) groups excluding carboxylic acids is 1. The van der Waals surface area contributed by atoms with Gasteiger partial charge in [0.25, 0.3) is 5.91 Å². The van der Waals surface area contributed by atoms with E-state index < -0.39 is 15.6 Å². The van der Waals surface area contributed by atoms with E-state index in [0.29, 0.717) is 45.1 Å². The first-order chi connectivity index (χ1) is 11.3. The van der Waals surface area contributed by atoms with Crippen molar-refractivity contribution >= 4 is 15.9 Å². The summed E-state index contributed by atoms with van der Waals surface area (Å²) < 4.78 is 25.3. The Bertz CT molecular complexity index is 570. The Hall–Kier alpha value is -0.700. The maximum absolute atomic E-state index is 12.7. The predicted octanol–water partition coefficient (Wildman–Crippen LogP) is -0.283. The summed E-state index contributed by atoms with van der Waals surface area (Å²) in [5, 5.41) is 10.9. The molecule has 2 saturated heterocycles. The minimum absolute atomic E-state index is 0.117. The molecule has 0 aromatic heterocycles. The molecule has 1 aliphatic carbocycles. The third-order valence-electron chi connectivity index (χ3n) is 5.45. The van der Waals surface area contributed by atoms with Crippen molar-refractivity contribution in [3.05, 3.63) is 0 Å². The summed E-state index contributed by atoms with van der Waals surface area (Å²) in [6, 6.07) is 0. The van der Waals surface area contributed by atoms with Gasteiger partial charge in [-0.05, 0) is 38.5 Å². The fourth-order valence-electron chi connectivity index (χ4n) is 3.72. The highest BCUT2D eigenvalue weighted by Gasteiger charge is 2.45. The van der Waals surface area contributed by atoms with Gasteiger partial charge in [-0.25, -0.2) is 8.42 Å². The summed E-state index contributed by atoms with van der Waals surface area (Å²) in [5.74, 6) is 0.606. The monoisotopic (exact) mass is 359 g/mol. The Labute approximate surface area is 144 Å². The number of sulfonamides is 1. The lowest BCUT2D eigenvalue weighted by molar-refractivity contribution is -0.160. The van der Waals surface area contributed by atoms with Gasteiger partial charge in [-0.15, -0.1) is 0 Å². The van der Waals surface area contributed by atoms with Crippen LogP contribution in [0.4, 0.5) is 0 Å². The van der Waals surface area contributed by atoms with E-state index in [9.17, 15) is 18.3 Å². The van der Waals surface area contributed by atoms with Crippen LogP contribution < -0.4 is 0 Å². The van der Waals surface area contributed by atoms with Crippen LogP contribution in [0.3, 0.4) is 0 Å². The molecule has 24 heavy (non-hydrogen) atoms. The molecule has 3 rings (SSSR count). The van der Waals surface area contributed by atoms with Crippen LogP contribution in [-0.4, -0.2) is 90.7 Å². The molecule has 2 heterocycles. The number of β-amino-alcohol motifs (C(OH)–C–C–N with tert-alkyl or cyclic N) is 1. The molecule has 138 valence electrons. The van der Waals surface area contributed by atoms with E-state index in [1.54, 1.807) is 6.92 Å². The predicted molar refractivity (Wildman–Crippen MR) is 91.0 cm³/mol. The zero-order chi connectivity index (χ0) is 17.4. The van der Waals surface area contributed by atoms with E-state index in [2.05, 4.69) is 0 Å². The van der Waals surface area contributed by atoms with Crippen molar-refractivity contribution < 1.29 is 18.3 Å². The van der Waals surface area contributed by atoms with Crippen molar-refractivity contribution in [1.82, 2.24) is 14.1 Å². The van der Waals surface area contributed by atoms with Gasteiger partial charge < -0.3 is 10.0 Å². The van der Waals surface area contributed by atoms with Gasteiger partial charge >= 0.3 is 0 Å². The summed E-state index contributed by atoms with van der Waals surface area (Å²) in [6.07, 6.45) is 3.71. The van der Waals surface area contributed by atoms with Crippen molar-refractivity contribution in [3.63, 3.8) is 0 Å². The smallest absolute Gasteiger partial charge is 0.255 e. The third-order valence-corrected chi connectivity index (χ3v) is 7.34. The second-order valence-electron chi connectivity index (χ2n) is 7.41. The van der Waals surface area contributed by atoms with Gasteiger partial charge in [0.2, 0.25) is 10.0 Å². The lowest BCUT2D eigenvalue weighted by Crippen LogP contribution is -2.61. The molecule has 1 atom stereocenters. The highest BCUT2D eigenvalue weighted by Crippen LogP contribution is 2.32. The molecule has 0 aromatic rings. The molecule has 0 bridgehead atoms. The molecule has 1 saturated carbocycles. The number of hydrogen-bond donors (Lipinski definition) is 1. The average Bonchev–Trinajstić information content (AvgIpc) is 3.37. The largest absolute Gasteiger partial charge is 0.379 e. The van der Waals surface area contributed by atoms with Crippen LogP contribution >= 0.6 is 0 Å². The fraction of sp³-hybridized carbons (Fsp3) is 0.938. The number of aliphatic hydroxyl groups is 1. The lowest BCUT2D eigenvalue weighted by atomic mass is 9.90. The molecule has 3 aliphatic rings. The molecular formula is C16H29N3O4S. The van der Waals surface area contributed by atoms with Gasteiger partial charge in [-0.3, -0.25) is 9.69 Å². The molecule has 8 heteroatoms. The van der Waals surface area contributed by atoms with Crippen LogP contribution in [0.2, 0.25) is 0 Å². The maximum Gasteiger partial charge on any atom is 0.255 e. The number of likely N-dealkylation sites (tertiary alicyclic amines) is 1. The van der Waals surface area contributed by atoms with E-state index in [4.69, 9.17) is 0 Å². The van der Waals surface area contributed by atoms with Crippen LogP contribution in [-0.2, 0) is 14.8 Å². The van der Waals surface area contributed by atoms with Gasteiger partial charge in [-0.1, -0.05) is 0 Å². The number of amides is 1. The quantitative estimate of drug-likeness (QED) is 0.705. The number of carbonyl (C=O) groups is 1. The summed E-state index contributed by atoms with van der Waals surface area (Å²) in [7, 11) is -3.15. The first-order valence-corrected chi connectivity index (χ1v) is 10.7. The van der Waals surface area contributed by atoms with Crippen LogP contribution in [0.15, 0.2) is 0 Å². The van der Waals surface area contributed by atoms with Gasteiger partial charge in [0.15, 0.2) is 5.60 Å². The van der Waals surface area contributed by atoms with Crippen molar-refractivity contribution in [2.24, 2.45) is 5.92 Å². The molecule has 0 radical (unpaired) electrons. The normalized spacial score (nSPS) is 30.8. The molecule has 1 N–H and O–H groups in total. The Morgan fingerprint density at radius 1 is 1.17 bits per heavy atom. The first-order valence-electron chi connectivity index (χ1n) is 9.06. The van der Waals surface area contributed by atoms with E-state index in [1.807, 2.05) is 9.80 Å². The maximum atomic E-state index is 12.7. The zero-order valence-corrected chi connectivity index (χ0v) is 15.3. The van der Waals surface area contributed by atoms with Crippen LogP contribution in [0, 0.1) is 5.92 Å². The van der Waals surface area contributed by atoms with Crippen LogP contribution in [0.25, 0.3) is 0 Å². The zero-order valence-electron chi connectivity index (χ0n) is 14.5. The van der Waals surface area contributed by atoms with Crippen molar-refractivity contribution in [2.45, 2.75) is 38.2 Å². The molecule has 1 amide bonds. The first kappa shape index (κ1) is 18.1. The summed E-state index contributed by atoms with van der Waals surface area (Å²) in [5.41, 5.74) is -1.31. The van der Waals surface area contributed by atoms with E-state index in [0.717, 1.165) is 19.5 Å². The lowest BCUT2D eigenvalue weighted by Gasteiger charge is -2.42. The molecular weight excluding hydrogens is 330 g/mol. The highest BCUT2D eigenvalue weighted by molar-refractivity contribution is 7.89. The minimum atomic E-state index is -3.15. The van der Waals surface area contributed by atoms with Crippen LogP contribution in [0.1, 0.15) is 32.6 Å². The molecule has 3 fully saturated rings. The molecule has 0 spiro atoms. The van der Waals surface area contributed by atoms with E-state index >= 15 is 0 Å². The number of hydrogen-bond acceptors (Lipinski definition) is 5. The van der Waals surface area contributed by atoms with E-state index in [1.165, 1.54) is 17.1 Å². The van der Waals surface area contributed by atoms with Gasteiger partial charge in [-0.2, -0.15) is 4.31 Å². The Kier molecular flexibility index (Phi) is 5.20. The fourth-order valence-corrected chi connectivity index (χ4v) is 4.80. The second kappa shape index (κ2) is 6.90. The van der Waals surface area contributed by atoms with Crippen molar-refractivity contribution in [2.75, 3.05) is 51.6 Å². The standard InChI is InChI=1S/C16H29N3O4S/c1-2-24(22,23)19-10-8-17(9-11-19)13-16(21)6-3-7-18(15(16)20)12-14-4-5-14/h14,21H,2-13H2,1H3/t16-/m0/s1. The molecule has 0 aromatic carbocycles. The Morgan fingerprint density at radius 2 is 1.83 bits per heavy atom. The highest BCUT2D eigenvalue weighted by atomic mass is 32.2. The van der Waals surface area contributed by atoms with Crippen molar-refractivity contribution in [3.8, 4) is 0 Å². The Morgan fingerprint density at radius 3 is 2.42 bits per heavy atom. The van der Waals surface area contributed by atoms with Crippen LogP contribution in [0.5, 0.6) is 0 Å². The summed E-state index contributed by atoms with van der Waals surface area (Å²) >= 11 is 0. The third kappa shape index (κ3) is 3.92. The van der Waals surface area contributed by atoms with Gasteiger partial charge in [0.1, 0.15) is 0 Å². The number of piperazine rings is 1. The number of rotatable bonds is 6. The number of piperidine rings is 1. The summed E-state index contributed by atoms with van der Waals surface area (Å²) in [6.45, 7) is 5.50. The molecule has 2 aliphatic heterocycles. The molecule has 0 unspecified atom stereocenters. The minimum Gasteiger partial charge on any atom is -0.379 e. The van der Waals surface area contributed by atoms with E-state index in [-0.39, 0.29) is 11.7 Å².